The number of esters is 3. The van der Waals surface area contributed by atoms with Gasteiger partial charge in [0.1, 0.15) is 13.2 Å². The molecular formula is C61H102O6. The summed E-state index contributed by atoms with van der Waals surface area (Å²) < 4.78 is 16.8. The molecule has 0 aromatic heterocycles. The number of hydrogen-bond donors (Lipinski definition) is 0. The van der Waals surface area contributed by atoms with Gasteiger partial charge < -0.3 is 14.2 Å². The molecule has 0 saturated carbocycles. The maximum Gasteiger partial charge on any atom is 0.306 e. The highest BCUT2D eigenvalue weighted by molar-refractivity contribution is 5.71. The third-order valence-electron chi connectivity index (χ3n) is 11.5. The Bertz CT molecular complexity index is 1350. The second-order valence-corrected chi connectivity index (χ2v) is 18.1. The van der Waals surface area contributed by atoms with Gasteiger partial charge in [-0.25, -0.2) is 0 Å². The van der Waals surface area contributed by atoms with Crippen molar-refractivity contribution in [2.45, 2.75) is 258 Å². The van der Waals surface area contributed by atoms with E-state index in [0.717, 1.165) is 103 Å². The highest BCUT2D eigenvalue weighted by Gasteiger charge is 2.19. The van der Waals surface area contributed by atoms with Crippen LogP contribution in [-0.2, 0) is 28.6 Å². The molecule has 6 heteroatoms. The lowest BCUT2D eigenvalue weighted by Gasteiger charge is -2.18. The minimum absolute atomic E-state index is 0.104. The van der Waals surface area contributed by atoms with Crippen molar-refractivity contribution in [2.75, 3.05) is 13.2 Å². The zero-order chi connectivity index (χ0) is 48.6. The van der Waals surface area contributed by atoms with E-state index in [9.17, 15) is 14.4 Å². The molecule has 6 nitrogen and oxygen atoms in total. The summed E-state index contributed by atoms with van der Waals surface area (Å²) in [5, 5.41) is 0. The Morgan fingerprint density at radius 2 is 0.597 bits per heavy atom. The number of rotatable bonds is 49. The molecule has 0 fully saturated rings. The first-order chi connectivity index (χ1) is 33.0. The predicted molar refractivity (Wildman–Crippen MR) is 288 cm³/mol. The molecule has 0 heterocycles. The molecule has 67 heavy (non-hydrogen) atoms. The molecule has 0 aliphatic heterocycles. The molecule has 0 unspecified atom stereocenters. The minimum Gasteiger partial charge on any atom is -0.462 e. The molecule has 1 atom stereocenters. The summed E-state index contributed by atoms with van der Waals surface area (Å²) in [6, 6.07) is 0. The van der Waals surface area contributed by atoms with Gasteiger partial charge >= 0.3 is 17.9 Å². The fourth-order valence-corrected chi connectivity index (χ4v) is 7.38. The summed E-state index contributed by atoms with van der Waals surface area (Å²) in [5.74, 6) is -0.984. The molecule has 0 rings (SSSR count). The monoisotopic (exact) mass is 931 g/mol. The lowest BCUT2D eigenvalue weighted by molar-refractivity contribution is -0.167. The van der Waals surface area contributed by atoms with Gasteiger partial charge in [-0.3, -0.25) is 14.4 Å². The molecule has 0 aromatic rings. The average molecular weight is 931 g/mol. The van der Waals surface area contributed by atoms with Crippen LogP contribution in [0.1, 0.15) is 252 Å². The van der Waals surface area contributed by atoms with Gasteiger partial charge in [-0.2, -0.15) is 0 Å². The van der Waals surface area contributed by atoms with E-state index < -0.39 is 6.10 Å². The van der Waals surface area contributed by atoms with Gasteiger partial charge in [0.2, 0.25) is 0 Å². The van der Waals surface area contributed by atoms with Gasteiger partial charge in [-0.1, -0.05) is 214 Å². The Morgan fingerprint density at radius 1 is 0.313 bits per heavy atom. The van der Waals surface area contributed by atoms with Crippen molar-refractivity contribution in [1.29, 1.82) is 0 Å². The molecular weight excluding hydrogens is 829 g/mol. The Kier molecular flexibility index (Phi) is 51.9. The third-order valence-corrected chi connectivity index (χ3v) is 11.5. The first-order valence-corrected chi connectivity index (χ1v) is 27.7. The maximum absolute atomic E-state index is 12.8. The van der Waals surface area contributed by atoms with Crippen LogP contribution in [-0.4, -0.2) is 37.2 Å². The van der Waals surface area contributed by atoms with Gasteiger partial charge in [-0.05, 0) is 116 Å². The number of hydrogen-bond acceptors (Lipinski definition) is 6. The topological polar surface area (TPSA) is 78.9 Å². The number of allylic oxidation sites excluding steroid dienone is 16. The molecule has 382 valence electrons. The van der Waals surface area contributed by atoms with E-state index in [-0.39, 0.29) is 37.5 Å². The van der Waals surface area contributed by atoms with E-state index in [0.29, 0.717) is 19.3 Å². The van der Waals surface area contributed by atoms with Crippen LogP contribution in [0.25, 0.3) is 0 Å². The van der Waals surface area contributed by atoms with Gasteiger partial charge in [0.15, 0.2) is 6.10 Å². The molecule has 0 radical (unpaired) electrons. The van der Waals surface area contributed by atoms with Crippen molar-refractivity contribution < 1.29 is 28.6 Å². The Balaban J connectivity index is 4.50. The number of ether oxygens (including phenoxy) is 3. The Morgan fingerprint density at radius 3 is 1.01 bits per heavy atom. The summed E-state index contributed by atoms with van der Waals surface area (Å²) in [5.41, 5.74) is 0. The first-order valence-electron chi connectivity index (χ1n) is 27.7. The summed E-state index contributed by atoms with van der Waals surface area (Å²) in [6.07, 6.45) is 72.5. The number of unbranched alkanes of at least 4 members (excludes halogenated alkanes) is 22. The fraction of sp³-hybridized carbons (Fsp3) is 0.689. The first kappa shape index (κ1) is 63.3. The van der Waals surface area contributed by atoms with Crippen molar-refractivity contribution in [3.63, 3.8) is 0 Å². The smallest absolute Gasteiger partial charge is 0.306 e. The molecule has 0 N–H and O–H groups in total. The minimum atomic E-state index is -0.811. The SMILES string of the molecule is CC/C=C\C/C=C\C/C=C\CCCCCCCC(=O)O[C@H](COC(=O)CCC/C=C\C/C=C\C/C=C\C/C=C\CCCCC)COC(=O)CCCCCCCCC/C=C\CCCCCCCC. The van der Waals surface area contributed by atoms with Gasteiger partial charge in [-0.15, -0.1) is 0 Å². The van der Waals surface area contributed by atoms with Gasteiger partial charge in [0, 0.05) is 19.3 Å². The second-order valence-electron chi connectivity index (χ2n) is 18.1. The molecule has 0 bridgehead atoms. The predicted octanol–water partition coefficient (Wildman–Crippen LogP) is 18.5. The van der Waals surface area contributed by atoms with E-state index in [1.807, 2.05) is 0 Å². The average Bonchev–Trinajstić information content (AvgIpc) is 3.33. The van der Waals surface area contributed by atoms with Crippen LogP contribution in [0.4, 0.5) is 0 Å². The van der Waals surface area contributed by atoms with Gasteiger partial charge in [0.25, 0.3) is 0 Å². The second kappa shape index (κ2) is 54.9. The summed E-state index contributed by atoms with van der Waals surface area (Å²) in [7, 11) is 0. The Hall–Kier alpha value is -3.67. The van der Waals surface area contributed by atoms with E-state index in [2.05, 4.69) is 118 Å². The number of carbonyl (C=O) groups is 3. The summed E-state index contributed by atoms with van der Waals surface area (Å²) in [6.45, 7) is 6.43. The zero-order valence-corrected chi connectivity index (χ0v) is 43.6. The van der Waals surface area contributed by atoms with Crippen molar-refractivity contribution in [1.82, 2.24) is 0 Å². The van der Waals surface area contributed by atoms with Crippen molar-refractivity contribution in [3.05, 3.63) is 97.2 Å². The molecule has 0 aromatic carbocycles. The summed E-state index contributed by atoms with van der Waals surface area (Å²) >= 11 is 0. The lowest BCUT2D eigenvalue weighted by atomic mass is 10.1. The van der Waals surface area contributed by atoms with E-state index >= 15 is 0 Å². The largest absolute Gasteiger partial charge is 0.462 e. The van der Waals surface area contributed by atoms with Crippen LogP contribution in [0.3, 0.4) is 0 Å². The van der Waals surface area contributed by atoms with Crippen LogP contribution in [0.2, 0.25) is 0 Å². The zero-order valence-electron chi connectivity index (χ0n) is 43.6. The molecule has 0 amide bonds. The van der Waals surface area contributed by atoms with Crippen LogP contribution < -0.4 is 0 Å². The van der Waals surface area contributed by atoms with Crippen LogP contribution in [0.15, 0.2) is 97.2 Å². The van der Waals surface area contributed by atoms with E-state index in [4.69, 9.17) is 14.2 Å². The molecule has 0 aliphatic carbocycles. The third kappa shape index (κ3) is 53.2. The highest BCUT2D eigenvalue weighted by Crippen LogP contribution is 2.14. The normalized spacial score (nSPS) is 12.8. The van der Waals surface area contributed by atoms with Crippen LogP contribution in [0, 0.1) is 0 Å². The Labute approximate surface area is 413 Å². The molecule has 0 aliphatic rings. The standard InChI is InChI=1S/C61H102O6/c1-4-7-10-13-16-19-22-25-28-30-33-35-38-41-44-47-50-53-59(62)65-56-58(67-61(64)55-52-49-46-43-40-37-32-27-24-21-18-15-12-9-6-3)57-66-60(63)54-51-48-45-42-39-36-34-31-29-26-23-20-17-14-11-8-5-2/h9,12,16,18-19,21,25-29,32-33,35,41,44,58H,4-8,10-11,13-15,17,20,22-24,30-31,34,36-40,42-43,45-57H2,1-3H3/b12-9-,19-16-,21-18-,28-25-,29-26-,32-27-,35-33-,44-41-/t58-/m1/s1. The van der Waals surface area contributed by atoms with E-state index in [1.165, 1.54) is 103 Å². The maximum atomic E-state index is 12.8. The fourth-order valence-electron chi connectivity index (χ4n) is 7.38. The molecule has 0 saturated heterocycles. The molecule has 0 spiro atoms. The van der Waals surface area contributed by atoms with Crippen LogP contribution >= 0.6 is 0 Å². The van der Waals surface area contributed by atoms with E-state index in [1.54, 1.807) is 0 Å². The number of carbonyl (C=O) groups excluding carboxylic acids is 3. The summed E-state index contributed by atoms with van der Waals surface area (Å²) in [4.78, 5) is 38.1. The van der Waals surface area contributed by atoms with Crippen LogP contribution in [0.5, 0.6) is 0 Å². The van der Waals surface area contributed by atoms with Crippen molar-refractivity contribution >= 4 is 17.9 Å². The lowest BCUT2D eigenvalue weighted by Crippen LogP contribution is -2.30. The quantitative estimate of drug-likeness (QED) is 0.0262. The van der Waals surface area contributed by atoms with Crippen molar-refractivity contribution in [2.24, 2.45) is 0 Å². The van der Waals surface area contributed by atoms with Gasteiger partial charge in [0.05, 0.1) is 0 Å². The highest BCUT2D eigenvalue weighted by atomic mass is 16.6. The van der Waals surface area contributed by atoms with Crippen molar-refractivity contribution in [3.8, 4) is 0 Å².